The third-order valence-corrected chi connectivity index (χ3v) is 4.13. The summed E-state index contributed by atoms with van der Waals surface area (Å²) in [5, 5.41) is 0. The van der Waals surface area contributed by atoms with E-state index in [2.05, 4.69) is 6.92 Å². The van der Waals surface area contributed by atoms with E-state index in [1.165, 1.54) is 19.3 Å². The van der Waals surface area contributed by atoms with Crippen molar-refractivity contribution in [3.63, 3.8) is 0 Å². The first-order chi connectivity index (χ1) is 7.70. The SMILES string of the molecule is CCC1CCC(N2CCC(=O)CC2=O)CC1. The van der Waals surface area contributed by atoms with Gasteiger partial charge in [-0.15, -0.1) is 0 Å². The second-order valence-electron chi connectivity index (χ2n) is 5.14. The number of hydrogen-bond acceptors (Lipinski definition) is 2. The molecule has 1 saturated heterocycles. The van der Waals surface area contributed by atoms with E-state index in [4.69, 9.17) is 0 Å². The Morgan fingerprint density at radius 1 is 1.19 bits per heavy atom. The Kier molecular flexibility index (Phi) is 3.62. The van der Waals surface area contributed by atoms with Crippen LogP contribution in [0.15, 0.2) is 0 Å². The zero-order chi connectivity index (χ0) is 11.5. The minimum Gasteiger partial charge on any atom is -0.339 e. The van der Waals surface area contributed by atoms with Crippen molar-refractivity contribution in [2.75, 3.05) is 6.54 Å². The molecular weight excluding hydrogens is 202 g/mol. The van der Waals surface area contributed by atoms with Crippen molar-refractivity contribution >= 4 is 11.7 Å². The van der Waals surface area contributed by atoms with Crippen LogP contribution in [0, 0.1) is 5.92 Å². The molecule has 1 amide bonds. The van der Waals surface area contributed by atoms with Crippen LogP contribution in [0.2, 0.25) is 0 Å². The summed E-state index contributed by atoms with van der Waals surface area (Å²) in [5.41, 5.74) is 0. The molecule has 0 atom stereocenters. The zero-order valence-electron chi connectivity index (χ0n) is 10.1. The molecule has 3 nitrogen and oxygen atoms in total. The van der Waals surface area contributed by atoms with Crippen LogP contribution in [0.1, 0.15) is 51.9 Å². The molecule has 1 heterocycles. The second-order valence-corrected chi connectivity index (χ2v) is 5.14. The van der Waals surface area contributed by atoms with Crippen molar-refractivity contribution < 1.29 is 9.59 Å². The number of rotatable bonds is 2. The van der Waals surface area contributed by atoms with Crippen LogP contribution in [0.25, 0.3) is 0 Å². The highest BCUT2D eigenvalue weighted by Crippen LogP contribution is 2.30. The summed E-state index contributed by atoms with van der Waals surface area (Å²) in [6.07, 6.45) is 6.75. The fourth-order valence-electron chi connectivity index (χ4n) is 2.98. The molecule has 0 aromatic rings. The highest BCUT2D eigenvalue weighted by molar-refractivity contribution is 6.00. The Bertz CT molecular complexity index is 280. The molecule has 0 unspecified atom stereocenters. The Labute approximate surface area is 97.2 Å². The number of hydrogen-bond donors (Lipinski definition) is 0. The van der Waals surface area contributed by atoms with Crippen LogP contribution in [0.4, 0.5) is 0 Å². The molecule has 1 saturated carbocycles. The Balaban J connectivity index is 1.89. The zero-order valence-corrected chi connectivity index (χ0v) is 10.1. The van der Waals surface area contributed by atoms with Crippen LogP contribution in [0.3, 0.4) is 0 Å². The molecule has 0 bridgehead atoms. The quantitative estimate of drug-likeness (QED) is 0.673. The standard InChI is InChI=1S/C13H21NO2/c1-2-10-3-5-11(6-4-10)14-8-7-12(15)9-13(14)16/h10-11H,2-9H2,1H3. The van der Waals surface area contributed by atoms with Crippen LogP contribution in [0.5, 0.6) is 0 Å². The Morgan fingerprint density at radius 3 is 2.44 bits per heavy atom. The molecule has 0 aromatic carbocycles. The predicted octanol–water partition coefficient (Wildman–Crippen LogP) is 2.15. The number of Topliss-reactive ketones (excluding diaryl/α,β-unsaturated/α-hetero) is 1. The normalized spacial score (nSPS) is 31.9. The van der Waals surface area contributed by atoms with Crippen molar-refractivity contribution in [2.45, 2.75) is 57.9 Å². The molecule has 0 N–H and O–H groups in total. The predicted molar refractivity (Wildman–Crippen MR) is 62.0 cm³/mol. The van der Waals surface area contributed by atoms with Crippen LogP contribution < -0.4 is 0 Å². The van der Waals surface area contributed by atoms with E-state index in [1.54, 1.807) is 0 Å². The lowest BCUT2D eigenvalue weighted by Gasteiger charge is -2.38. The summed E-state index contributed by atoms with van der Waals surface area (Å²) in [6, 6.07) is 0.420. The van der Waals surface area contributed by atoms with E-state index in [9.17, 15) is 9.59 Å². The van der Waals surface area contributed by atoms with E-state index in [0.717, 1.165) is 18.8 Å². The van der Waals surface area contributed by atoms with Gasteiger partial charge in [-0.2, -0.15) is 0 Å². The molecule has 16 heavy (non-hydrogen) atoms. The molecule has 0 aromatic heterocycles. The van der Waals surface area contributed by atoms with Crippen molar-refractivity contribution in [1.82, 2.24) is 4.90 Å². The molecule has 90 valence electrons. The number of piperidine rings is 1. The largest absolute Gasteiger partial charge is 0.339 e. The first kappa shape index (κ1) is 11.6. The summed E-state index contributed by atoms with van der Waals surface area (Å²) < 4.78 is 0. The van der Waals surface area contributed by atoms with Gasteiger partial charge in [-0.05, 0) is 31.6 Å². The molecule has 3 heteroatoms. The molecule has 2 rings (SSSR count). The van der Waals surface area contributed by atoms with Crippen molar-refractivity contribution in [3.8, 4) is 0 Å². The summed E-state index contributed by atoms with van der Waals surface area (Å²) in [6.45, 7) is 2.91. The van der Waals surface area contributed by atoms with Gasteiger partial charge in [0, 0.05) is 19.0 Å². The molecule has 2 aliphatic rings. The van der Waals surface area contributed by atoms with E-state index in [0.29, 0.717) is 19.0 Å². The summed E-state index contributed by atoms with van der Waals surface area (Å²) >= 11 is 0. The smallest absolute Gasteiger partial charge is 0.230 e. The fourth-order valence-corrected chi connectivity index (χ4v) is 2.98. The minimum atomic E-state index is 0.0659. The topological polar surface area (TPSA) is 37.4 Å². The van der Waals surface area contributed by atoms with Crippen LogP contribution in [-0.2, 0) is 9.59 Å². The van der Waals surface area contributed by atoms with Crippen molar-refractivity contribution in [2.24, 2.45) is 5.92 Å². The number of nitrogens with zero attached hydrogens (tertiary/aromatic N) is 1. The average Bonchev–Trinajstić information content (AvgIpc) is 2.29. The van der Waals surface area contributed by atoms with Crippen molar-refractivity contribution in [1.29, 1.82) is 0 Å². The number of ketones is 1. The maximum atomic E-state index is 11.8. The number of likely N-dealkylation sites (tertiary alicyclic amines) is 1. The number of carbonyl (C=O) groups excluding carboxylic acids is 2. The van der Waals surface area contributed by atoms with Gasteiger partial charge >= 0.3 is 0 Å². The first-order valence-electron chi connectivity index (χ1n) is 6.52. The van der Waals surface area contributed by atoms with Gasteiger partial charge in [0.1, 0.15) is 5.78 Å². The van der Waals surface area contributed by atoms with Gasteiger partial charge in [-0.25, -0.2) is 0 Å². The molecule has 1 aliphatic carbocycles. The number of amides is 1. The van der Waals surface area contributed by atoms with Gasteiger partial charge in [-0.3, -0.25) is 9.59 Å². The van der Waals surface area contributed by atoms with Gasteiger partial charge in [-0.1, -0.05) is 13.3 Å². The average molecular weight is 223 g/mol. The third-order valence-electron chi connectivity index (χ3n) is 4.13. The second kappa shape index (κ2) is 4.98. The third kappa shape index (κ3) is 2.45. The van der Waals surface area contributed by atoms with E-state index < -0.39 is 0 Å². The molecule has 0 spiro atoms. The Hall–Kier alpha value is -0.860. The summed E-state index contributed by atoms with van der Waals surface area (Å²) in [7, 11) is 0. The van der Waals surface area contributed by atoms with Crippen LogP contribution >= 0.6 is 0 Å². The lowest BCUT2D eigenvalue weighted by molar-refractivity contribution is -0.142. The monoisotopic (exact) mass is 223 g/mol. The Morgan fingerprint density at radius 2 is 1.88 bits per heavy atom. The summed E-state index contributed by atoms with van der Waals surface area (Å²) in [4.78, 5) is 24.9. The first-order valence-corrected chi connectivity index (χ1v) is 6.52. The molecule has 0 radical (unpaired) electrons. The van der Waals surface area contributed by atoms with E-state index in [-0.39, 0.29) is 18.1 Å². The molecule has 2 fully saturated rings. The van der Waals surface area contributed by atoms with E-state index in [1.807, 2.05) is 4.90 Å². The maximum Gasteiger partial charge on any atom is 0.230 e. The lowest BCUT2D eigenvalue weighted by Crippen LogP contribution is -2.47. The molecule has 1 aliphatic heterocycles. The van der Waals surface area contributed by atoms with Crippen LogP contribution in [-0.4, -0.2) is 29.2 Å². The molecular formula is C13H21NO2. The highest BCUT2D eigenvalue weighted by atomic mass is 16.2. The van der Waals surface area contributed by atoms with Gasteiger partial charge in [0.05, 0.1) is 6.42 Å². The lowest BCUT2D eigenvalue weighted by atomic mass is 9.83. The maximum absolute atomic E-state index is 11.8. The van der Waals surface area contributed by atoms with Gasteiger partial charge < -0.3 is 4.90 Å². The van der Waals surface area contributed by atoms with Gasteiger partial charge in [0.25, 0.3) is 0 Å². The van der Waals surface area contributed by atoms with Gasteiger partial charge in [0.2, 0.25) is 5.91 Å². The van der Waals surface area contributed by atoms with Crippen molar-refractivity contribution in [3.05, 3.63) is 0 Å². The van der Waals surface area contributed by atoms with E-state index >= 15 is 0 Å². The highest BCUT2D eigenvalue weighted by Gasteiger charge is 2.31. The number of carbonyl (C=O) groups is 2. The fraction of sp³-hybridized carbons (Fsp3) is 0.846. The van der Waals surface area contributed by atoms with Gasteiger partial charge in [0.15, 0.2) is 0 Å². The summed E-state index contributed by atoms with van der Waals surface area (Å²) in [5.74, 6) is 1.04. The minimum absolute atomic E-state index is 0.0659.